The summed E-state index contributed by atoms with van der Waals surface area (Å²) in [5, 5.41) is 8.94. The van der Waals surface area contributed by atoms with E-state index >= 15 is 0 Å². The highest BCUT2D eigenvalue weighted by molar-refractivity contribution is 5.29. The van der Waals surface area contributed by atoms with Crippen LogP contribution in [-0.2, 0) is 6.61 Å². The van der Waals surface area contributed by atoms with Gasteiger partial charge in [0.25, 0.3) is 0 Å². The molecule has 0 fully saturated rings. The van der Waals surface area contributed by atoms with Gasteiger partial charge in [0, 0.05) is 6.07 Å². The Morgan fingerprint density at radius 1 is 1.24 bits per heavy atom. The monoisotopic (exact) mass is 240 g/mol. The fourth-order valence-corrected chi connectivity index (χ4v) is 1.59. The first-order chi connectivity index (χ1) is 7.90. The van der Waals surface area contributed by atoms with Crippen LogP contribution in [0.3, 0.4) is 0 Å². The summed E-state index contributed by atoms with van der Waals surface area (Å²) in [6.07, 6.45) is 2.00. The van der Waals surface area contributed by atoms with E-state index in [1.54, 1.807) is 6.07 Å². The molecular weight excluding hydrogens is 219 g/mol. The number of hydrogen-bond acceptors (Lipinski definition) is 2. The second-order valence-corrected chi connectivity index (χ2v) is 5.47. The molecule has 1 aromatic carbocycles. The summed E-state index contributed by atoms with van der Waals surface area (Å²) in [5.74, 6) is 0.116. The molecule has 0 bridgehead atoms. The highest BCUT2D eigenvalue weighted by Crippen LogP contribution is 2.21. The molecule has 17 heavy (non-hydrogen) atoms. The lowest BCUT2D eigenvalue weighted by atomic mass is 9.91. The SMILES string of the molecule is CC(C)(C)CCCOc1cc(F)cc(CO)c1. The minimum atomic E-state index is -0.373. The molecule has 1 aromatic rings. The molecule has 0 saturated carbocycles. The van der Waals surface area contributed by atoms with Crippen molar-refractivity contribution in [2.24, 2.45) is 5.41 Å². The first-order valence-corrected chi connectivity index (χ1v) is 5.94. The first kappa shape index (κ1) is 14.0. The van der Waals surface area contributed by atoms with Crippen molar-refractivity contribution in [1.82, 2.24) is 0 Å². The Hall–Kier alpha value is -1.09. The van der Waals surface area contributed by atoms with E-state index < -0.39 is 0 Å². The molecule has 0 unspecified atom stereocenters. The number of aliphatic hydroxyl groups is 1. The molecule has 0 aliphatic carbocycles. The Kier molecular flexibility index (Phi) is 4.94. The van der Waals surface area contributed by atoms with Gasteiger partial charge in [-0.05, 0) is 36.0 Å². The van der Waals surface area contributed by atoms with Crippen LogP contribution in [0.1, 0.15) is 39.2 Å². The van der Waals surface area contributed by atoms with Gasteiger partial charge in [0.15, 0.2) is 0 Å². The normalized spacial score (nSPS) is 11.6. The Morgan fingerprint density at radius 2 is 1.94 bits per heavy atom. The fraction of sp³-hybridized carbons (Fsp3) is 0.571. The maximum absolute atomic E-state index is 13.1. The van der Waals surface area contributed by atoms with E-state index in [0.29, 0.717) is 23.3 Å². The number of rotatable bonds is 5. The summed E-state index contributed by atoms with van der Waals surface area (Å²) in [7, 11) is 0. The number of ether oxygens (including phenoxy) is 1. The van der Waals surface area contributed by atoms with Gasteiger partial charge >= 0.3 is 0 Å². The number of aliphatic hydroxyl groups excluding tert-OH is 1. The second kappa shape index (κ2) is 6.01. The molecule has 0 saturated heterocycles. The van der Waals surface area contributed by atoms with Crippen LogP contribution in [-0.4, -0.2) is 11.7 Å². The largest absolute Gasteiger partial charge is 0.493 e. The van der Waals surface area contributed by atoms with Gasteiger partial charge in [-0.1, -0.05) is 20.8 Å². The highest BCUT2D eigenvalue weighted by atomic mass is 19.1. The van der Waals surface area contributed by atoms with Crippen molar-refractivity contribution in [2.75, 3.05) is 6.61 Å². The van der Waals surface area contributed by atoms with Crippen LogP contribution in [0.25, 0.3) is 0 Å². The minimum absolute atomic E-state index is 0.171. The van der Waals surface area contributed by atoms with Crippen LogP contribution >= 0.6 is 0 Å². The van der Waals surface area contributed by atoms with E-state index in [-0.39, 0.29) is 12.4 Å². The van der Waals surface area contributed by atoms with Crippen LogP contribution in [0.5, 0.6) is 5.75 Å². The van der Waals surface area contributed by atoms with Crippen molar-refractivity contribution < 1.29 is 14.2 Å². The summed E-state index contributed by atoms with van der Waals surface area (Å²) < 4.78 is 18.6. The Morgan fingerprint density at radius 3 is 2.53 bits per heavy atom. The summed E-state index contributed by atoms with van der Waals surface area (Å²) in [6, 6.07) is 4.32. The van der Waals surface area contributed by atoms with Crippen LogP contribution in [0, 0.1) is 11.2 Å². The molecule has 0 spiro atoms. The molecule has 0 radical (unpaired) electrons. The maximum atomic E-state index is 13.1. The molecule has 1 rings (SSSR count). The zero-order valence-electron chi connectivity index (χ0n) is 10.8. The number of hydrogen-bond donors (Lipinski definition) is 1. The van der Waals surface area contributed by atoms with Crippen LogP contribution in [0.4, 0.5) is 4.39 Å². The molecule has 0 aliphatic rings. The molecule has 0 amide bonds. The maximum Gasteiger partial charge on any atom is 0.127 e. The van der Waals surface area contributed by atoms with Gasteiger partial charge in [0.2, 0.25) is 0 Å². The van der Waals surface area contributed by atoms with Crippen molar-refractivity contribution in [3.8, 4) is 5.75 Å². The van der Waals surface area contributed by atoms with E-state index in [1.807, 2.05) is 0 Å². The van der Waals surface area contributed by atoms with Crippen LogP contribution < -0.4 is 4.74 Å². The third-order valence-electron chi connectivity index (χ3n) is 2.45. The third-order valence-corrected chi connectivity index (χ3v) is 2.45. The number of benzene rings is 1. The van der Waals surface area contributed by atoms with E-state index in [9.17, 15) is 4.39 Å². The zero-order chi connectivity index (χ0) is 12.9. The number of halogens is 1. The van der Waals surface area contributed by atoms with Crippen molar-refractivity contribution >= 4 is 0 Å². The molecule has 3 heteroatoms. The van der Waals surface area contributed by atoms with Gasteiger partial charge in [-0.3, -0.25) is 0 Å². The average molecular weight is 240 g/mol. The van der Waals surface area contributed by atoms with Crippen LogP contribution in [0.2, 0.25) is 0 Å². The lowest BCUT2D eigenvalue weighted by Crippen LogP contribution is -2.08. The van der Waals surface area contributed by atoms with Gasteiger partial charge in [-0.2, -0.15) is 0 Å². The first-order valence-electron chi connectivity index (χ1n) is 5.94. The quantitative estimate of drug-likeness (QED) is 0.798. The lowest BCUT2D eigenvalue weighted by molar-refractivity contribution is 0.264. The van der Waals surface area contributed by atoms with E-state index in [0.717, 1.165) is 12.8 Å². The van der Waals surface area contributed by atoms with Gasteiger partial charge in [0.1, 0.15) is 11.6 Å². The van der Waals surface area contributed by atoms with Gasteiger partial charge < -0.3 is 9.84 Å². The molecule has 0 aromatic heterocycles. The fourth-order valence-electron chi connectivity index (χ4n) is 1.59. The minimum Gasteiger partial charge on any atom is -0.493 e. The second-order valence-electron chi connectivity index (χ2n) is 5.47. The Bertz CT molecular complexity index is 356. The summed E-state index contributed by atoms with van der Waals surface area (Å²) in [6.45, 7) is 6.94. The van der Waals surface area contributed by atoms with Crippen molar-refractivity contribution in [3.05, 3.63) is 29.6 Å². The third kappa shape index (κ3) is 5.68. The molecule has 0 aliphatic heterocycles. The predicted octanol–water partition coefficient (Wildman–Crippen LogP) is 3.52. The van der Waals surface area contributed by atoms with Gasteiger partial charge in [-0.15, -0.1) is 0 Å². The molecule has 96 valence electrons. The van der Waals surface area contributed by atoms with Crippen molar-refractivity contribution in [1.29, 1.82) is 0 Å². The molecular formula is C14H21FO2. The average Bonchev–Trinajstić information content (AvgIpc) is 2.22. The predicted molar refractivity (Wildman–Crippen MR) is 66.5 cm³/mol. The van der Waals surface area contributed by atoms with E-state index in [1.165, 1.54) is 12.1 Å². The zero-order valence-corrected chi connectivity index (χ0v) is 10.8. The van der Waals surface area contributed by atoms with Crippen molar-refractivity contribution in [2.45, 2.75) is 40.2 Å². The standard InChI is InChI=1S/C14H21FO2/c1-14(2,3)5-4-6-17-13-8-11(10-16)7-12(15)9-13/h7-9,16H,4-6,10H2,1-3H3. The smallest absolute Gasteiger partial charge is 0.127 e. The Labute approximate surface area is 102 Å². The van der Waals surface area contributed by atoms with Gasteiger partial charge in [-0.25, -0.2) is 4.39 Å². The van der Waals surface area contributed by atoms with Crippen molar-refractivity contribution in [3.63, 3.8) is 0 Å². The molecule has 2 nitrogen and oxygen atoms in total. The summed E-state index contributed by atoms with van der Waals surface area (Å²) >= 11 is 0. The summed E-state index contributed by atoms with van der Waals surface area (Å²) in [5.41, 5.74) is 0.831. The molecule has 0 atom stereocenters. The molecule has 1 N–H and O–H groups in total. The topological polar surface area (TPSA) is 29.5 Å². The Balaban J connectivity index is 2.44. The van der Waals surface area contributed by atoms with Gasteiger partial charge in [0.05, 0.1) is 13.2 Å². The summed E-state index contributed by atoms with van der Waals surface area (Å²) in [4.78, 5) is 0. The van der Waals surface area contributed by atoms with Crippen LogP contribution in [0.15, 0.2) is 18.2 Å². The highest BCUT2D eigenvalue weighted by Gasteiger charge is 2.09. The van der Waals surface area contributed by atoms with E-state index in [2.05, 4.69) is 20.8 Å². The van der Waals surface area contributed by atoms with E-state index in [4.69, 9.17) is 9.84 Å². The molecule has 0 heterocycles. The lowest BCUT2D eigenvalue weighted by Gasteiger charge is -2.17.